The first-order valence-electron chi connectivity index (χ1n) is 8.89. The van der Waals surface area contributed by atoms with Crippen LogP contribution in [0.1, 0.15) is 11.1 Å². The monoisotopic (exact) mass is 393 g/mol. The van der Waals surface area contributed by atoms with Gasteiger partial charge in [0.05, 0.1) is 12.8 Å². The van der Waals surface area contributed by atoms with Crippen LogP contribution in [0.3, 0.4) is 0 Å². The summed E-state index contributed by atoms with van der Waals surface area (Å²) in [6, 6.07) is 17.9. The molecule has 0 fully saturated rings. The minimum atomic E-state index is -1.17. The van der Waals surface area contributed by atoms with Crippen molar-refractivity contribution >= 4 is 17.9 Å². The predicted molar refractivity (Wildman–Crippen MR) is 110 cm³/mol. The van der Waals surface area contributed by atoms with Crippen molar-refractivity contribution in [2.24, 2.45) is 4.99 Å². The van der Waals surface area contributed by atoms with Crippen molar-refractivity contribution in [2.75, 3.05) is 13.7 Å². The molecule has 0 aliphatic rings. The minimum Gasteiger partial charge on any atom is -0.497 e. The number of hydrogen-bond donors (Lipinski definition) is 1. The number of carbonyl (C=O) groups is 1. The Morgan fingerprint density at radius 1 is 1.14 bits per heavy atom. The average Bonchev–Trinajstić information content (AvgIpc) is 2.71. The fraction of sp³-hybridized carbons (Fsp3) is 0.130. The highest BCUT2D eigenvalue weighted by molar-refractivity contribution is 5.85. The molecule has 0 aliphatic carbocycles. The molecule has 0 saturated carbocycles. The van der Waals surface area contributed by atoms with Crippen molar-refractivity contribution in [3.8, 4) is 22.6 Å². The number of ether oxygens (including phenoxy) is 2. The summed E-state index contributed by atoms with van der Waals surface area (Å²) >= 11 is 0. The van der Waals surface area contributed by atoms with Gasteiger partial charge < -0.3 is 14.6 Å². The highest BCUT2D eigenvalue weighted by atomic mass is 19.1. The Kier molecular flexibility index (Phi) is 6.24. The van der Waals surface area contributed by atoms with E-state index in [2.05, 4.69) is 4.99 Å². The number of aliphatic imine (C=N–C) groups is 1. The van der Waals surface area contributed by atoms with Crippen molar-refractivity contribution in [1.29, 1.82) is 0 Å². The molecule has 0 heterocycles. The number of benzene rings is 3. The quantitative estimate of drug-likeness (QED) is 0.572. The van der Waals surface area contributed by atoms with Gasteiger partial charge in [0.15, 0.2) is 18.2 Å². The van der Waals surface area contributed by atoms with Crippen LogP contribution in [-0.4, -0.2) is 31.0 Å². The molecule has 0 atom stereocenters. The van der Waals surface area contributed by atoms with Crippen molar-refractivity contribution in [3.63, 3.8) is 0 Å². The number of halogens is 1. The van der Waals surface area contributed by atoms with E-state index in [1.807, 2.05) is 49.4 Å². The number of rotatable bonds is 7. The van der Waals surface area contributed by atoms with Gasteiger partial charge in [0, 0.05) is 12.3 Å². The van der Waals surface area contributed by atoms with Gasteiger partial charge in [-0.15, -0.1) is 0 Å². The zero-order valence-corrected chi connectivity index (χ0v) is 16.1. The third-order valence-corrected chi connectivity index (χ3v) is 4.26. The second-order valence-corrected chi connectivity index (χ2v) is 6.36. The predicted octanol–water partition coefficient (Wildman–Crippen LogP) is 5.02. The summed E-state index contributed by atoms with van der Waals surface area (Å²) < 4.78 is 24.1. The van der Waals surface area contributed by atoms with Crippen LogP contribution in [0.5, 0.6) is 11.5 Å². The lowest BCUT2D eigenvalue weighted by molar-refractivity contribution is -0.139. The Morgan fingerprint density at radius 3 is 2.66 bits per heavy atom. The van der Waals surface area contributed by atoms with Gasteiger partial charge in [-0.3, -0.25) is 4.99 Å². The molecule has 29 heavy (non-hydrogen) atoms. The average molecular weight is 393 g/mol. The maximum absolute atomic E-state index is 14.0. The van der Waals surface area contributed by atoms with Crippen LogP contribution >= 0.6 is 0 Å². The van der Waals surface area contributed by atoms with E-state index < -0.39 is 18.4 Å². The molecular formula is C23H20FNO4. The molecule has 3 aromatic carbocycles. The van der Waals surface area contributed by atoms with Crippen LogP contribution in [0.4, 0.5) is 10.1 Å². The van der Waals surface area contributed by atoms with Crippen LogP contribution in [-0.2, 0) is 4.79 Å². The Bertz CT molecular complexity index is 1060. The first-order valence-corrected chi connectivity index (χ1v) is 8.89. The second kappa shape index (κ2) is 9.01. The van der Waals surface area contributed by atoms with Crippen LogP contribution in [0.15, 0.2) is 65.7 Å². The molecule has 3 rings (SSSR count). The molecular weight excluding hydrogens is 373 g/mol. The molecule has 6 heteroatoms. The van der Waals surface area contributed by atoms with E-state index in [-0.39, 0.29) is 5.75 Å². The number of nitrogens with zero attached hydrogens (tertiary/aromatic N) is 1. The molecule has 0 saturated heterocycles. The molecule has 0 aliphatic heterocycles. The first kappa shape index (κ1) is 20.1. The molecule has 0 bridgehead atoms. The number of aryl methyl sites for hydroxylation is 1. The summed E-state index contributed by atoms with van der Waals surface area (Å²) in [5.74, 6) is -1.15. The number of carboxylic acid groups (broad SMARTS) is 1. The lowest BCUT2D eigenvalue weighted by Crippen LogP contribution is -2.10. The molecule has 0 aromatic heterocycles. The highest BCUT2D eigenvalue weighted by Gasteiger charge is 2.07. The van der Waals surface area contributed by atoms with E-state index in [1.54, 1.807) is 19.4 Å². The van der Waals surface area contributed by atoms with Gasteiger partial charge in [0.1, 0.15) is 5.75 Å². The van der Waals surface area contributed by atoms with Crippen molar-refractivity contribution in [1.82, 2.24) is 0 Å². The number of aliphatic carboxylic acids is 1. The van der Waals surface area contributed by atoms with Gasteiger partial charge in [0.25, 0.3) is 0 Å². The van der Waals surface area contributed by atoms with Crippen molar-refractivity contribution < 1.29 is 23.8 Å². The van der Waals surface area contributed by atoms with Gasteiger partial charge >= 0.3 is 5.97 Å². The van der Waals surface area contributed by atoms with Gasteiger partial charge in [-0.25, -0.2) is 9.18 Å². The van der Waals surface area contributed by atoms with Gasteiger partial charge in [-0.2, -0.15) is 0 Å². The molecule has 0 unspecified atom stereocenters. The zero-order valence-electron chi connectivity index (χ0n) is 16.1. The van der Waals surface area contributed by atoms with Gasteiger partial charge in [-0.1, -0.05) is 24.3 Å². The van der Waals surface area contributed by atoms with E-state index in [1.165, 1.54) is 12.1 Å². The summed E-state index contributed by atoms with van der Waals surface area (Å²) in [6.07, 6.45) is 1.65. The maximum Gasteiger partial charge on any atom is 0.341 e. The number of hydrogen-bond acceptors (Lipinski definition) is 4. The van der Waals surface area contributed by atoms with Crippen LogP contribution in [0.2, 0.25) is 0 Å². The molecule has 148 valence electrons. The van der Waals surface area contributed by atoms with E-state index in [4.69, 9.17) is 14.6 Å². The fourth-order valence-electron chi connectivity index (χ4n) is 2.85. The van der Waals surface area contributed by atoms with E-state index >= 15 is 0 Å². The Balaban J connectivity index is 1.79. The second-order valence-electron chi connectivity index (χ2n) is 6.36. The summed E-state index contributed by atoms with van der Waals surface area (Å²) in [5, 5.41) is 8.60. The molecule has 1 N–H and O–H groups in total. The molecule has 3 aromatic rings. The fourth-order valence-corrected chi connectivity index (χ4v) is 2.85. The van der Waals surface area contributed by atoms with Gasteiger partial charge in [-0.05, 0) is 59.5 Å². The smallest absolute Gasteiger partial charge is 0.341 e. The van der Waals surface area contributed by atoms with E-state index in [9.17, 15) is 9.18 Å². The van der Waals surface area contributed by atoms with Crippen LogP contribution in [0, 0.1) is 12.7 Å². The van der Waals surface area contributed by atoms with Gasteiger partial charge in [0.2, 0.25) is 0 Å². The largest absolute Gasteiger partial charge is 0.497 e. The molecule has 5 nitrogen and oxygen atoms in total. The third-order valence-electron chi connectivity index (χ3n) is 4.26. The van der Waals surface area contributed by atoms with Crippen LogP contribution in [0.25, 0.3) is 11.1 Å². The lowest BCUT2D eigenvalue weighted by Gasteiger charge is -2.09. The lowest BCUT2D eigenvalue weighted by atomic mass is 9.99. The molecule has 0 amide bonds. The van der Waals surface area contributed by atoms with E-state index in [0.717, 1.165) is 28.0 Å². The summed E-state index contributed by atoms with van der Waals surface area (Å²) in [7, 11) is 1.64. The third kappa shape index (κ3) is 5.19. The SMILES string of the molecule is COc1ccc(-c2cccc(/C=N/c3ccc(OCC(=O)O)c(F)c3)c2)c(C)c1. The Morgan fingerprint density at radius 2 is 1.97 bits per heavy atom. The topological polar surface area (TPSA) is 68.1 Å². The van der Waals surface area contributed by atoms with E-state index in [0.29, 0.717) is 5.69 Å². The number of carboxylic acids is 1. The zero-order chi connectivity index (χ0) is 20.8. The maximum atomic E-state index is 14.0. The summed E-state index contributed by atoms with van der Waals surface area (Å²) in [4.78, 5) is 14.8. The Labute approximate surface area is 168 Å². The Hall–Kier alpha value is -3.67. The van der Waals surface area contributed by atoms with Crippen molar-refractivity contribution in [2.45, 2.75) is 6.92 Å². The first-order chi connectivity index (χ1) is 14.0. The highest BCUT2D eigenvalue weighted by Crippen LogP contribution is 2.28. The molecule has 0 spiro atoms. The number of methoxy groups -OCH3 is 1. The molecule has 0 radical (unpaired) electrons. The van der Waals surface area contributed by atoms with Crippen molar-refractivity contribution in [3.05, 3.63) is 77.6 Å². The standard InChI is InChI=1S/C23H20FNO4/c1-15-10-19(28-2)7-8-20(15)17-5-3-4-16(11-17)13-25-18-6-9-22(21(24)12-18)29-14-23(26)27/h3-13H,14H2,1-2H3,(H,26,27)/b25-13+. The summed E-state index contributed by atoms with van der Waals surface area (Å²) in [5.41, 5.74) is 4.49. The normalized spacial score (nSPS) is 10.9. The summed E-state index contributed by atoms with van der Waals surface area (Å²) in [6.45, 7) is 1.42. The minimum absolute atomic E-state index is 0.122. The van der Waals surface area contributed by atoms with Crippen LogP contribution < -0.4 is 9.47 Å².